The van der Waals surface area contributed by atoms with Crippen LogP contribution < -0.4 is 0 Å². The lowest BCUT2D eigenvalue weighted by Gasteiger charge is -2.18. The van der Waals surface area contributed by atoms with Crippen molar-refractivity contribution in [3.63, 3.8) is 0 Å². The molecular formula is C13H18N4O4. The van der Waals surface area contributed by atoms with Crippen LogP contribution in [0.2, 0.25) is 0 Å². The molecule has 0 aliphatic carbocycles. The predicted octanol–water partition coefficient (Wildman–Crippen LogP) is 1.63. The molecule has 1 heterocycles. The average molecular weight is 294 g/mol. The van der Waals surface area contributed by atoms with Gasteiger partial charge in [0.15, 0.2) is 5.41 Å². The van der Waals surface area contributed by atoms with Crippen LogP contribution in [0.3, 0.4) is 0 Å². The monoisotopic (exact) mass is 294 g/mol. The van der Waals surface area contributed by atoms with Gasteiger partial charge in [-0.25, -0.2) is 4.79 Å². The Balaban J connectivity index is 3.57. The Kier molecular flexibility index (Phi) is 5.02. The normalized spacial score (nSPS) is 13.3. The molecule has 8 heteroatoms. The minimum absolute atomic E-state index is 0.0445. The van der Waals surface area contributed by atoms with Crippen molar-refractivity contribution in [3.05, 3.63) is 21.5 Å². The number of ether oxygens (including phenoxy) is 1. The molecule has 0 saturated heterocycles. The van der Waals surface area contributed by atoms with Crippen molar-refractivity contribution in [3.8, 4) is 6.07 Å². The number of aryl methyl sites for hydroxylation is 2. The number of nitrogens with zero attached hydrogens (tertiary/aromatic N) is 4. The van der Waals surface area contributed by atoms with Gasteiger partial charge in [0.2, 0.25) is 0 Å². The van der Waals surface area contributed by atoms with Crippen LogP contribution in [0.5, 0.6) is 0 Å². The summed E-state index contributed by atoms with van der Waals surface area (Å²) >= 11 is 0. The summed E-state index contributed by atoms with van der Waals surface area (Å²) in [7, 11) is 1.48. The Morgan fingerprint density at radius 1 is 1.57 bits per heavy atom. The molecule has 0 fully saturated rings. The van der Waals surface area contributed by atoms with E-state index < -0.39 is 16.3 Å². The number of rotatable bonds is 6. The van der Waals surface area contributed by atoms with Gasteiger partial charge in [-0.3, -0.25) is 14.8 Å². The first-order valence-electron chi connectivity index (χ1n) is 6.62. The SMILES string of the molecule is CCCc1nn(C)c(C(C)(C#N)C(=O)OCC)c1[N+](=O)[O-]. The lowest BCUT2D eigenvalue weighted by molar-refractivity contribution is -0.386. The van der Waals surface area contributed by atoms with E-state index in [0.717, 1.165) is 0 Å². The number of esters is 1. The van der Waals surface area contributed by atoms with Gasteiger partial charge in [0.05, 0.1) is 17.6 Å². The van der Waals surface area contributed by atoms with Gasteiger partial charge in [-0.2, -0.15) is 10.4 Å². The zero-order chi connectivity index (χ0) is 16.2. The van der Waals surface area contributed by atoms with E-state index in [1.807, 2.05) is 13.0 Å². The van der Waals surface area contributed by atoms with Crippen LogP contribution in [0, 0.1) is 21.4 Å². The highest BCUT2D eigenvalue weighted by atomic mass is 16.6. The number of nitriles is 1. The molecule has 1 aromatic rings. The quantitative estimate of drug-likeness (QED) is 0.448. The van der Waals surface area contributed by atoms with Crippen molar-refractivity contribution in [2.45, 2.75) is 39.0 Å². The summed E-state index contributed by atoms with van der Waals surface area (Å²) in [5.74, 6) is -0.818. The smallest absolute Gasteiger partial charge is 0.332 e. The van der Waals surface area contributed by atoms with Crippen LogP contribution in [-0.4, -0.2) is 27.3 Å². The summed E-state index contributed by atoms with van der Waals surface area (Å²) in [4.78, 5) is 22.9. The van der Waals surface area contributed by atoms with Crippen LogP contribution >= 0.6 is 0 Å². The third-order valence-electron chi connectivity index (χ3n) is 3.14. The second kappa shape index (κ2) is 6.35. The third-order valence-corrected chi connectivity index (χ3v) is 3.14. The number of carbonyl (C=O) groups is 1. The molecule has 0 aromatic carbocycles. The number of aromatic nitrogens is 2. The molecular weight excluding hydrogens is 276 g/mol. The summed E-state index contributed by atoms with van der Waals surface area (Å²) < 4.78 is 6.11. The molecule has 8 nitrogen and oxygen atoms in total. The predicted molar refractivity (Wildman–Crippen MR) is 73.5 cm³/mol. The Hall–Kier alpha value is -2.43. The van der Waals surface area contributed by atoms with Gasteiger partial charge in [-0.1, -0.05) is 13.3 Å². The maximum atomic E-state index is 12.1. The third kappa shape index (κ3) is 2.86. The lowest BCUT2D eigenvalue weighted by Crippen LogP contribution is -2.35. The Morgan fingerprint density at radius 3 is 2.62 bits per heavy atom. The molecule has 0 aliphatic heterocycles. The Bertz CT molecular complexity index is 602. The molecule has 0 amide bonds. The summed E-state index contributed by atoms with van der Waals surface area (Å²) in [6, 6.07) is 1.83. The van der Waals surface area contributed by atoms with Gasteiger partial charge >= 0.3 is 11.7 Å². The summed E-state index contributed by atoms with van der Waals surface area (Å²) in [5, 5.41) is 24.8. The molecule has 0 bridgehead atoms. The largest absolute Gasteiger partial charge is 0.465 e. The van der Waals surface area contributed by atoms with Crippen LogP contribution in [0.25, 0.3) is 0 Å². The first-order chi connectivity index (χ1) is 9.83. The molecule has 0 saturated carbocycles. The van der Waals surface area contributed by atoms with Crippen molar-refractivity contribution in [1.29, 1.82) is 5.26 Å². The second-order valence-electron chi connectivity index (χ2n) is 4.73. The van der Waals surface area contributed by atoms with E-state index in [9.17, 15) is 20.2 Å². The van der Waals surface area contributed by atoms with Gasteiger partial charge in [-0.15, -0.1) is 0 Å². The summed E-state index contributed by atoms with van der Waals surface area (Å²) in [6.07, 6.45) is 1.06. The molecule has 0 aliphatic rings. The first kappa shape index (κ1) is 16.6. The highest BCUT2D eigenvalue weighted by Gasteiger charge is 2.47. The Morgan fingerprint density at radius 2 is 2.19 bits per heavy atom. The van der Waals surface area contributed by atoms with E-state index in [4.69, 9.17) is 4.74 Å². The minimum atomic E-state index is -1.77. The highest BCUT2D eigenvalue weighted by Crippen LogP contribution is 2.35. The van der Waals surface area contributed by atoms with Crippen molar-refractivity contribution < 1.29 is 14.5 Å². The van der Waals surface area contributed by atoms with Crippen molar-refractivity contribution in [2.75, 3.05) is 6.61 Å². The maximum absolute atomic E-state index is 12.1. The van der Waals surface area contributed by atoms with Gasteiger partial charge < -0.3 is 4.74 Å². The van der Waals surface area contributed by atoms with Gasteiger partial charge in [-0.05, 0) is 20.3 Å². The van der Waals surface area contributed by atoms with E-state index in [1.165, 1.54) is 18.7 Å². The number of carbonyl (C=O) groups excluding carboxylic acids is 1. The van der Waals surface area contributed by atoms with E-state index >= 15 is 0 Å². The highest BCUT2D eigenvalue weighted by molar-refractivity contribution is 5.87. The van der Waals surface area contributed by atoms with Crippen LogP contribution in [-0.2, 0) is 28.4 Å². The first-order valence-corrected chi connectivity index (χ1v) is 6.62. The lowest BCUT2D eigenvalue weighted by atomic mass is 9.87. The fourth-order valence-electron chi connectivity index (χ4n) is 2.20. The number of hydrogen-bond donors (Lipinski definition) is 0. The average Bonchev–Trinajstić information content (AvgIpc) is 2.75. The minimum Gasteiger partial charge on any atom is -0.465 e. The maximum Gasteiger partial charge on any atom is 0.332 e. The topological polar surface area (TPSA) is 111 Å². The van der Waals surface area contributed by atoms with E-state index in [0.29, 0.717) is 12.8 Å². The van der Waals surface area contributed by atoms with Gasteiger partial charge in [0.1, 0.15) is 11.4 Å². The van der Waals surface area contributed by atoms with E-state index in [2.05, 4.69) is 5.10 Å². The fourth-order valence-corrected chi connectivity index (χ4v) is 2.20. The molecule has 0 N–H and O–H groups in total. The van der Waals surface area contributed by atoms with Crippen molar-refractivity contribution in [2.24, 2.45) is 7.05 Å². The van der Waals surface area contributed by atoms with Crippen molar-refractivity contribution >= 4 is 11.7 Å². The molecule has 0 spiro atoms. The van der Waals surface area contributed by atoms with Crippen LogP contribution in [0.1, 0.15) is 38.6 Å². The molecule has 21 heavy (non-hydrogen) atoms. The van der Waals surface area contributed by atoms with Gasteiger partial charge in [0.25, 0.3) is 0 Å². The van der Waals surface area contributed by atoms with Crippen molar-refractivity contribution in [1.82, 2.24) is 9.78 Å². The molecule has 1 rings (SSSR count). The molecule has 1 atom stereocenters. The van der Waals surface area contributed by atoms with Crippen LogP contribution in [0.4, 0.5) is 5.69 Å². The zero-order valence-corrected chi connectivity index (χ0v) is 12.5. The van der Waals surface area contributed by atoms with Gasteiger partial charge in [0, 0.05) is 7.05 Å². The molecule has 114 valence electrons. The number of hydrogen-bond acceptors (Lipinski definition) is 6. The molecule has 1 aromatic heterocycles. The van der Waals surface area contributed by atoms with E-state index in [-0.39, 0.29) is 23.7 Å². The Labute approximate surface area is 122 Å². The summed E-state index contributed by atoms with van der Waals surface area (Å²) in [6.45, 7) is 4.87. The number of nitro groups is 1. The zero-order valence-electron chi connectivity index (χ0n) is 12.5. The molecule has 1 unspecified atom stereocenters. The van der Waals surface area contributed by atoms with E-state index in [1.54, 1.807) is 6.92 Å². The molecule has 0 radical (unpaired) electrons. The standard InChI is InChI=1S/C13H18N4O4/c1-5-7-9-10(17(19)20)11(16(4)15-9)13(3,8-14)12(18)21-6-2/h5-7H2,1-4H3. The van der Waals surface area contributed by atoms with Crippen LogP contribution in [0.15, 0.2) is 0 Å². The fraction of sp³-hybridized carbons (Fsp3) is 0.615. The summed E-state index contributed by atoms with van der Waals surface area (Å²) in [5.41, 5.74) is -1.83. The second-order valence-corrected chi connectivity index (χ2v) is 4.73.